The van der Waals surface area contributed by atoms with E-state index in [2.05, 4.69) is 16.7 Å². The molecule has 4 nitrogen and oxygen atoms in total. The average molecular weight is 410 g/mol. The predicted molar refractivity (Wildman–Crippen MR) is 116 cm³/mol. The summed E-state index contributed by atoms with van der Waals surface area (Å²) in [7, 11) is 0. The van der Waals surface area contributed by atoms with Crippen LogP contribution in [-0.2, 0) is 4.79 Å². The van der Waals surface area contributed by atoms with Crippen molar-refractivity contribution < 1.29 is 4.79 Å². The van der Waals surface area contributed by atoms with Crippen molar-refractivity contribution >= 4 is 35.0 Å². The van der Waals surface area contributed by atoms with Gasteiger partial charge < -0.3 is 10.6 Å². The van der Waals surface area contributed by atoms with E-state index in [0.717, 1.165) is 22.0 Å². The molecule has 0 aromatic heterocycles. The number of allylic oxidation sites excluding steroid dienone is 2. The molecule has 0 radical (unpaired) electrons. The molecule has 0 bridgehead atoms. The summed E-state index contributed by atoms with van der Waals surface area (Å²) in [6.45, 7) is 3.90. The molecule has 1 amide bonds. The van der Waals surface area contributed by atoms with Crippen LogP contribution in [0.15, 0.2) is 76.5 Å². The lowest BCUT2D eigenvalue weighted by molar-refractivity contribution is -0.113. The van der Waals surface area contributed by atoms with Gasteiger partial charge in [0.2, 0.25) is 0 Å². The van der Waals surface area contributed by atoms with Gasteiger partial charge in [-0.3, -0.25) is 4.79 Å². The topological polar surface area (TPSA) is 64.9 Å². The number of nitriles is 1. The van der Waals surface area contributed by atoms with Crippen molar-refractivity contribution in [2.45, 2.75) is 19.8 Å². The maximum absolute atomic E-state index is 13.2. The second-order valence-electron chi connectivity index (χ2n) is 6.23. The summed E-state index contributed by atoms with van der Waals surface area (Å²) in [6.07, 6.45) is 0. The van der Waals surface area contributed by atoms with Crippen molar-refractivity contribution in [1.82, 2.24) is 5.32 Å². The van der Waals surface area contributed by atoms with Crippen LogP contribution < -0.4 is 10.6 Å². The van der Waals surface area contributed by atoms with Crippen molar-refractivity contribution in [2.24, 2.45) is 0 Å². The molecule has 0 saturated heterocycles. The molecule has 1 aliphatic rings. The first-order chi connectivity index (χ1) is 13.6. The fourth-order valence-electron chi connectivity index (χ4n) is 3.20. The first kappa shape index (κ1) is 20.1. The third kappa shape index (κ3) is 4.09. The molecule has 0 aliphatic carbocycles. The Morgan fingerprint density at radius 1 is 1.21 bits per heavy atom. The van der Waals surface area contributed by atoms with Crippen LogP contribution in [0, 0.1) is 11.3 Å². The van der Waals surface area contributed by atoms with Gasteiger partial charge in [0.15, 0.2) is 0 Å². The Morgan fingerprint density at radius 2 is 1.89 bits per heavy atom. The number of para-hydroxylation sites is 1. The maximum Gasteiger partial charge on any atom is 0.254 e. The molecule has 2 aromatic carbocycles. The summed E-state index contributed by atoms with van der Waals surface area (Å²) in [5, 5.41) is 17.3. The summed E-state index contributed by atoms with van der Waals surface area (Å²) >= 11 is 7.77. The third-order valence-electron chi connectivity index (χ3n) is 4.44. The lowest BCUT2D eigenvalue weighted by Crippen LogP contribution is -2.30. The zero-order chi connectivity index (χ0) is 20.1. The highest BCUT2D eigenvalue weighted by Gasteiger charge is 2.34. The van der Waals surface area contributed by atoms with Crippen LogP contribution in [0.1, 0.15) is 25.3 Å². The second kappa shape index (κ2) is 9.01. The first-order valence-electron chi connectivity index (χ1n) is 8.92. The lowest BCUT2D eigenvalue weighted by Gasteiger charge is -2.29. The third-order valence-corrected chi connectivity index (χ3v) is 5.66. The van der Waals surface area contributed by atoms with Crippen molar-refractivity contribution in [2.75, 3.05) is 11.1 Å². The van der Waals surface area contributed by atoms with Gasteiger partial charge >= 0.3 is 0 Å². The normalized spacial score (nSPS) is 16.4. The van der Waals surface area contributed by atoms with E-state index in [-0.39, 0.29) is 5.91 Å². The molecule has 1 unspecified atom stereocenters. The zero-order valence-electron chi connectivity index (χ0n) is 15.6. The number of anilines is 1. The molecule has 2 aromatic rings. The highest BCUT2D eigenvalue weighted by molar-refractivity contribution is 8.03. The second-order valence-corrected chi connectivity index (χ2v) is 7.91. The Labute approximate surface area is 174 Å². The highest BCUT2D eigenvalue weighted by Crippen LogP contribution is 2.41. The molecular formula is C22H20ClN3OS. The minimum Gasteiger partial charge on any atom is -0.353 e. The smallest absolute Gasteiger partial charge is 0.254 e. The van der Waals surface area contributed by atoms with Crippen LogP contribution in [0.4, 0.5) is 5.69 Å². The summed E-state index contributed by atoms with van der Waals surface area (Å²) in [6, 6.07) is 19.1. The average Bonchev–Trinajstić information content (AvgIpc) is 2.70. The summed E-state index contributed by atoms with van der Waals surface area (Å²) < 4.78 is 0. The van der Waals surface area contributed by atoms with E-state index in [9.17, 15) is 10.1 Å². The van der Waals surface area contributed by atoms with Crippen LogP contribution in [0.5, 0.6) is 0 Å². The molecule has 1 heterocycles. The fourth-order valence-corrected chi connectivity index (χ4v) is 4.22. The quantitative estimate of drug-likeness (QED) is 0.691. The van der Waals surface area contributed by atoms with Crippen molar-refractivity contribution in [3.63, 3.8) is 0 Å². The number of nitrogens with one attached hydrogen (secondary N) is 2. The summed E-state index contributed by atoms with van der Waals surface area (Å²) in [4.78, 5) is 13.2. The van der Waals surface area contributed by atoms with E-state index in [0.29, 0.717) is 21.9 Å². The number of hydrogen-bond acceptors (Lipinski definition) is 4. The van der Waals surface area contributed by atoms with Gasteiger partial charge in [-0.2, -0.15) is 5.26 Å². The number of rotatable bonds is 5. The molecule has 28 heavy (non-hydrogen) atoms. The first-order valence-corrected chi connectivity index (χ1v) is 10.3. The number of halogens is 1. The molecule has 0 fully saturated rings. The zero-order valence-corrected chi connectivity index (χ0v) is 17.2. The van der Waals surface area contributed by atoms with E-state index in [1.807, 2.05) is 56.3 Å². The minimum atomic E-state index is -0.441. The number of amides is 1. The Balaban J connectivity index is 2.07. The molecule has 3 rings (SSSR count). The fraction of sp³-hybridized carbons (Fsp3) is 0.182. The van der Waals surface area contributed by atoms with Crippen LogP contribution in [0.25, 0.3) is 0 Å². The van der Waals surface area contributed by atoms with Gasteiger partial charge in [-0.15, -0.1) is 11.8 Å². The van der Waals surface area contributed by atoms with E-state index < -0.39 is 5.92 Å². The number of dihydropyridines is 1. The SMILES string of the molecule is CCSC1=C(C#N)C(c2ccccc2)C(C(=O)Nc2ccccc2Cl)=C(C)N1. The number of carbonyl (C=O) groups is 1. The van der Waals surface area contributed by atoms with E-state index in [1.165, 1.54) is 0 Å². The van der Waals surface area contributed by atoms with Gasteiger partial charge in [0.05, 0.1) is 33.3 Å². The van der Waals surface area contributed by atoms with Gasteiger partial charge in [-0.05, 0) is 30.4 Å². The van der Waals surface area contributed by atoms with Gasteiger partial charge in [0.25, 0.3) is 5.91 Å². The number of nitrogens with zero attached hydrogens (tertiary/aromatic N) is 1. The summed E-state index contributed by atoms with van der Waals surface area (Å²) in [5.41, 5.74) is 3.24. The molecule has 0 saturated carbocycles. The molecule has 142 valence electrons. The maximum atomic E-state index is 13.2. The van der Waals surface area contributed by atoms with E-state index in [1.54, 1.807) is 23.9 Å². The van der Waals surface area contributed by atoms with E-state index in [4.69, 9.17) is 11.6 Å². The Hall–Kier alpha value is -2.68. The van der Waals surface area contributed by atoms with Crippen molar-refractivity contribution in [3.05, 3.63) is 87.1 Å². The standard InChI is InChI=1S/C22H20ClN3OS/c1-3-28-22-16(13-24)20(15-9-5-4-6-10-15)19(14(2)25-22)21(27)26-18-12-8-7-11-17(18)23/h4-12,20,25H,3H2,1-2H3,(H,26,27). The van der Waals surface area contributed by atoms with Crippen molar-refractivity contribution in [1.29, 1.82) is 5.26 Å². The molecular weight excluding hydrogens is 390 g/mol. The van der Waals surface area contributed by atoms with Crippen LogP contribution >= 0.6 is 23.4 Å². The van der Waals surface area contributed by atoms with Gasteiger partial charge in [-0.1, -0.05) is 61.0 Å². The number of carbonyl (C=O) groups excluding carboxylic acids is 1. The highest BCUT2D eigenvalue weighted by atomic mass is 35.5. The number of hydrogen-bond donors (Lipinski definition) is 2. The molecule has 6 heteroatoms. The van der Waals surface area contributed by atoms with Crippen LogP contribution in [0.2, 0.25) is 5.02 Å². The van der Waals surface area contributed by atoms with Gasteiger partial charge in [-0.25, -0.2) is 0 Å². The Morgan fingerprint density at radius 3 is 2.54 bits per heavy atom. The lowest BCUT2D eigenvalue weighted by atomic mass is 9.82. The molecule has 1 aliphatic heterocycles. The summed E-state index contributed by atoms with van der Waals surface area (Å²) in [5.74, 6) is 0.105. The Bertz CT molecular complexity index is 992. The molecule has 2 N–H and O–H groups in total. The monoisotopic (exact) mass is 409 g/mol. The number of thioether (sulfide) groups is 1. The molecule has 1 atom stereocenters. The van der Waals surface area contributed by atoms with E-state index >= 15 is 0 Å². The Kier molecular flexibility index (Phi) is 6.45. The van der Waals surface area contributed by atoms with Gasteiger partial charge in [0.1, 0.15) is 0 Å². The van der Waals surface area contributed by atoms with Crippen molar-refractivity contribution in [3.8, 4) is 6.07 Å². The van der Waals surface area contributed by atoms with Crippen LogP contribution in [-0.4, -0.2) is 11.7 Å². The predicted octanol–water partition coefficient (Wildman–Crippen LogP) is 5.43. The van der Waals surface area contributed by atoms with Gasteiger partial charge in [0, 0.05) is 11.3 Å². The number of benzene rings is 2. The van der Waals surface area contributed by atoms with Crippen LogP contribution in [0.3, 0.4) is 0 Å². The molecule has 0 spiro atoms. The largest absolute Gasteiger partial charge is 0.353 e. The minimum absolute atomic E-state index is 0.278.